The molecule has 0 radical (unpaired) electrons. The van der Waals surface area contributed by atoms with E-state index in [-0.39, 0.29) is 11.4 Å². The molecule has 0 aromatic carbocycles. The lowest BCUT2D eigenvalue weighted by atomic mass is 10.4. The third-order valence-corrected chi connectivity index (χ3v) is 1.78. The van der Waals surface area contributed by atoms with Crippen LogP contribution in [0.1, 0.15) is 10.5 Å². The summed E-state index contributed by atoms with van der Waals surface area (Å²) in [4.78, 5) is 14.6. The number of rotatable bonds is 2. The van der Waals surface area contributed by atoms with Crippen molar-refractivity contribution in [1.29, 1.82) is 0 Å². The number of aromatic carboxylic acids is 1. The van der Waals surface area contributed by atoms with E-state index in [2.05, 4.69) is 10.1 Å². The topological polar surface area (TPSA) is 88.2 Å². The summed E-state index contributed by atoms with van der Waals surface area (Å²) in [6.07, 6.45) is 2.75. The largest absolute Gasteiger partial charge is 0.504 e. The number of carboxylic acids is 1. The Hall–Kier alpha value is -2.37. The van der Waals surface area contributed by atoms with Gasteiger partial charge in [0, 0.05) is 6.20 Å². The van der Waals surface area contributed by atoms with Gasteiger partial charge < -0.3 is 10.2 Å². The Morgan fingerprint density at radius 1 is 1.40 bits per heavy atom. The molecule has 6 heteroatoms. The molecule has 0 aliphatic carbocycles. The molecule has 0 saturated heterocycles. The molecule has 0 atom stereocenters. The van der Waals surface area contributed by atoms with Crippen LogP contribution in [0, 0.1) is 0 Å². The number of aromatic nitrogens is 3. The molecule has 2 heterocycles. The van der Waals surface area contributed by atoms with Crippen molar-refractivity contribution in [2.75, 3.05) is 0 Å². The van der Waals surface area contributed by atoms with Crippen molar-refractivity contribution in [3.63, 3.8) is 0 Å². The van der Waals surface area contributed by atoms with E-state index in [1.807, 2.05) is 0 Å². The highest BCUT2D eigenvalue weighted by atomic mass is 16.4. The zero-order chi connectivity index (χ0) is 10.8. The number of hydrogen-bond donors (Lipinski definition) is 2. The fourth-order valence-corrected chi connectivity index (χ4v) is 1.12. The summed E-state index contributed by atoms with van der Waals surface area (Å²) in [5, 5.41) is 21.6. The molecule has 76 valence electrons. The number of hydrogen-bond acceptors (Lipinski definition) is 4. The molecule has 6 nitrogen and oxygen atoms in total. The lowest BCUT2D eigenvalue weighted by molar-refractivity contribution is 0.0687. The van der Waals surface area contributed by atoms with Crippen LogP contribution in [0.4, 0.5) is 0 Å². The molecule has 0 fully saturated rings. The Morgan fingerprint density at radius 3 is 2.73 bits per heavy atom. The zero-order valence-corrected chi connectivity index (χ0v) is 7.53. The fourth-order valence-electron chi connectivity index (χ4n) is 1.12. The maximum Gasteiger partial charge on any atom is 0.360 e. The van der Waals surface area contributed by atoms with Crippen molar-refractivity contribution >= 4 is 5.97 Å². The average molecular weight is 205 g/mol. The first-order chi connectivity index (χ1) is 7.18. The van der Waals surface area contributed by atoms with Crippen molar-refractivity contribution in [1.82, 2.24) is 14.8 Å². The van der Waals surface area contributed by atoms with Gasteiger partial charge >= 0.3 is 5.97 Å². The number of carbonyl (C=O) groups is 1. The van der Waals surface area contributed by atoms with E-state index < -0.39 is 5.97 Å². The van der Waals surface area contributed by atoms with Gasteiger partial charge in [-0.2, -0.15) is 5.10 Å². The summed E-state index contributed by atoms with van der Waals surface area (Å²) in [6, 6.07) is 5.12. The lowest BCUT2D eigenvalue weighted by Gasteiger charge is -1.96. The summed E-state index contributed by atoms with van der Waals surface area (Å²) in [6.45, 7) is 0. The summed E-state index contributed by atoms with van der Waals surface area (Å²) in [7, 11) is 0. The van der Waals surface area contributed by atoms with Crippen molar-refractivity contribution in [2.45, 2.75) is 0 Å². The highest BCUT2D eigenvalue weighted by Crippen LogP contribution is 2.16. The minimum Gasteiger partial charge on any atom is -0.504 e. The molecular formula is C9H7N3O3. The first-order valence-electron chi connectivity index (χ1n) is 4.12. The highest BCUT2D eigenvalue weighted by Gasteiger charge is 2.15. The monoisotopic (exact) mass is 205 g/mol. The highest BCUT2D eigenvalue weighted by molar-refractivity contribution is 5.88. The summed E-state index contributed by atoms with van der Waals surface area (Å²) in [5.74, 6) is -1.21. The van der Waals surface area contributed by atoms with Gasteiger partial charge in [0.2, 0.25) is 5.69 Å². The van der Waals surface area contributed by atoms with E-state index in [0.717, 1.165) is 0 Å². The Labute approximate surface area is 84.4 Å². The third kappa shape index (κ3) is 1.64. The first kappa shape index (κ1) is 9.20. The normalized spacial score (nSPS) is 10.1. The second-order valence-corrected chi connectivity index (χ2v) is 2.80. The van der Waals surface area contributed by atoms with Crippen LogP contribution in [-0.2, 0) is 0 Å². The van der Waals surface area contributed by atoms with Gasteiger partial charge in [-0.15, -0.1) is 0 Å². The summed E-state index contributed by atoms with van der Waals surface area (Å²) >= 11 is 0. The van der Waals surface area contributed by atoms with Gasteiger partial charge in [-0.25, -0.2) is 14.5 Å². The molecule has 0 amide bonds. The fraction of sp³-hybridized carbons (Fsp3) is 0. The van der Waals surface area contributed by atoms with Crippen molar-refractivity contribution in [2.24, 2.45) is 0 Å². The molecule has 2 aromatic rings. The van der Waals surface area contributed by atoms with Crippen LogP contribution >= 0.6 is 0 Å². The summed E-state index contributed by atoms with van der Waals surface area (Å²) in [5.41, 5.74) is -0.388. The minimum absolute atomic E-state index is 0.381. The number of carboxylic acid groups (broad SMARTS) is 1. The van der Waals surface area contributed by atoms with Crippen LogP contribution < -0.4 is 0 Å². The van der Waals surface area contributed by atoms with Crippen molar-refractivity contribution in [3.05, 3.63) is 36.3 Å². The SMILES string of the molecule is O=C(O)c1nn(-c2ccccn2)cc1O. The lowest BCUT2D eigenvalue weighted by Crippen LogP contribution is -2.02. The van der Waals surface area contributed by atoms with Gasteiger partial charge in [-0.05, 0) is 12.1 Å². The maximum absolute atomic E-state index is 10.6. The van der Waals surface area contributed by atoms with Crippen molar-refractivity contribution in [3.8, 4) is 11.6 Å². The van der Waals surface area contributed by atoms with E-state index >= 15 is 0 Å². The number of pyridine rings is 1. The Bertz CT molecular complexity index is 493. The standard InChI is InChI=1S/C9H7N3O3/c13-6-5-12(11-8(6)9(14)15)7-3-1-2-4-10-7/h1-5,13H,(H,14,15). The third-order valence-electron chi connectivity index (χ3n) is 1.78. The molecule has 0 saturated carbocycles. The Kier molecular flexibility index (Phi) is 2.09. The Morgan fingerprint density at radius 2 is 2.20 bits per heavy atom. The van der Waals surface area contributed by atoms with Crippen molar-refractivity contribution < 1.29 is 15.0 Å². The van der Waals surface area contributed by atoms with E-state index in [1.54, 1.807) is 24.4 Å². The molecule has 2 rings (SSSR count). The molecule has 0 bridgehead atoms. The van der Waals surface area contributed by atoms with Gasteiger partial charge in [0.05, 0.1) is 6.20 Å². The molecule has 0 spiro atoms. The smallest absolute Gasteiger partial charge is 0.360 e. The van der Waals surface area contributed by atoms with Crippen LogP contribution in [0.5, 0.6) is 5.75 Å². The van der Waals surface area contributed by atoms with Gasteiger partial charge in [-0.1, -0.05) is 6.07 Å². The molecular weight excluding hydrogens is 198 g/mol. The van der Waals surface area contributed by atoms with Crippen LogP contribution in [0.15, 0.2) is 30.6 Å². The van der Waals surface area contributed by atoms with E-state index in [1.165, 1.54) is 10.9 Å². The minimum atomic E-state index is -1.28. The molecule has 15 heavy (non-hydrogen) atoms. The molecule has 2 N–H and O–H groups in total. The van der Waals surface area contributed by atoms with Gasteiger partial charge in [-0.3, -0.25) is 0 Å². The number of aromatic hydroxyl groups is 1. The number of nitrogens with zero attached hydrogens (tertiary/aromatic N) is 3. The molecule has 0 aliphatic rings. The zero-order valence-electron chi connectivity index (χ0n) is 7.53. The average Bonchev–Trinajstić information content (AvgIpc) is 2.62. The first-order valence-corrected chi connectivity index (χ1v) is 4.12. The Balaban J connectivity index is 2.48. The van der Waals surface area contributed by atoms with E-state index in [4.69, 9.17) is 5.11 Å². The summed E-state index contributed by atoms with van der Waals surface area (Å²) < 4.78 is 1.21. The molecule has 0 aliphatic heterocycles. The molecule has 0 unspecified atom stereocenters. The van der Waals surface area contributed by atoms with E-state index in [0.29, 0.717) is 5.82 Å². The van der Waals surface area contributed by atoms with Gasteiger partial charge in [0.1, 0.15) is 0 Å². The molecule has 2 aromatic heterocycles. The van der Waals surface area contributed by atoms with Crippen LogP contribution in [0.25, 0.3) is 5.82 Å². The van der Waals surface area contributed by atoms with Crippen LogP contribution in [0.3, 0.4) is 0 Å². The van der Waals surface area contributed by atoms with E-state index in [9.17, 15) is 9.90 Å². The second kappa shape index (κ2) is 3.41. The van der Waals surface area contributed by atoms with Crippen LogP contribution in [-0.4, -0.2) is 30.9 Å². The quantitative estimate of drug-likeness (QED) is 0.752. The predicted octanol–water partition coefficient (Wildman–Crippen LogP) is 0.671. The van der Waals surface area contributed by atoms with Gasteiger partial charge in [0.25, 0.3) is 0 Å². The maximum atomic E-state index is 10.6. The van der Waals surface area contributed by atoms with Gasteiger partial charge in [0.15, 0.2) is 11.6 Å². The van der Waals surface area contributed by atoms with Crippen LogP contribution in [0.2, 0.25) is 0 Å². The second-order valence-electron chi connectivity index (χ2n) is 2.80. The predicted molar refractivity (Wildman–Crippen MR) is 50.0 cm³/mol.